The van der Waals surface area contributed by atoms with Crippen LogP contribution in [0.2, 0.25) is 0 Å². The summed E-state index contributed by atoms with van der Waals surface area (Å²) in [7, 11) is 1.65. The van der Waals surface area contributed by atoms with Gasteiger partial charge in [-0.2, -0.15) is 0 Å². The Morgan fingerprint density at radius 3 is 2.35 bits per heavy atom. The normalized spacial score (nSPS) is 13.8. The molecule has 0 saturated carbocycles. The molecule has 0 saturated heterocycles. The number of methoxy groups -OCH3 is 1. The fraction of sp³-hybridized carbons (Fsp3) is 0.647. The van der Waals surface area contributed by atoms with Crippen LogP contribution in [0.15, 0.2) is 24.3 Å². The summed E-state index contributed by atoms with van der Waals surface area (Å²) in [5, 5.41) is 9.72. The maximum atomic E-state index is 9.72. The summed E-state index contributed by atoms with van der Waals surface area (Å²) >= 11 is 0. The van der Waals surface area contributed by atoms with Gasteiger partial charge in [-0.15, -0.1) is 0 Å². The molecule has 0 aliphatic carbocycles. The molecule has 0 spiro atoms. The van der Waals surface area contributed by atoms with Crippen LogP contribution >= 0.6 is 0 Å². The monoisotopic (exact) mass is 280 g/mol. The highest BCUT2D eigenvalue weighted by molar-refractivity contribution is 5.39. The molecule has 0 aromatic heterocycles. The van der Waals surface area contributed by atoms with Gasteiger partial charge in [-0.25, -0.2) is 0 Å². The van der Waals surface area contributed by atoms with E-state index in [1.165, 1.54) is 0 Å². The topological polar surface area (TPSA) is 38.7 Å². The molecule has 114 valence electrons. The number of benzene rings is 1. The first-order chi connectivity index (χ1) is 9.71. The fourth-order valence-electron chi connectivity index (χ4n) is 2.42. The summed E-state index contributed by atoms with van der Waals surface area (Å²) in [6.45, 7) is 5.18. The number of hydrogen-bond donors (Lipinski definition) is 1. The van der Waals surface area contributed by atoms with Gasteiger partial charge in [0, 0.05) is 6.61 Å². The molecular weight excluding hydrogens is 252 g/mol. The summed E-state index contributed by atoms with van der Waals surface area (Å²) in [4.78, 5) is 0. The van der Waals surface area contributed by atoms with Crippen molar-refractivity contribution in [2.45, 2.75) is 46.0 Å². The molecule has 1 unspecified atom stereocenters. The summed E-state index contributed by atoms with van der Waals surface area (Å²) in [5.41, 5.74) is -0.00196. The Kier molecular flexibility index (Phi) is 7.45. The van der Waals surface area contributed by atoms with Crippen LogP contribution in [0.5, 0.6) is 11.5 Å². The standard InChI is InChI=1S/C17H28O3/c1-4-6-11-17(5-2,14-18)12-13-20-16-10-8-7-9-15(16)19-3/h7-10,18H,4-6,11-14H2,1-3H3. The predicted molar refractivity (Wildman–Crippen MR) is 82.4 cm³/mol. The lowest BCUT2D eigenvalue weighted by atomic mass is 9.78. The van der Waals surface area contributed by atoms with E-state index in [-0.39, 0.29) is 12.0 Å². The van der Waals surface area contributed by atoms with Crippen LogP contribution in [0, 0.1) is 5.41 Å². The summed E-state index contributed by atoms with van der Waals surface area (Å²) in [6.07, 6.45) is 5.24. The van der Waals surface area contributed by atoms with E-state index < -0.39 is 0 Å². The Morgan fingerprint density at radius 2 is 1.80 bits per heavy atom. The molecule has 20 heavy (non-hydrogen) atoms. The van der Waals surface area contributed by atoms with E-state index in [1.807, 2.05) is 24.3 Å². The van der Waals surface area contributed by atoms with Gasteiger partial charge in [-0.05, 0) is 36.8 Å². The van der Waals surface area contributed by atoms with E-state index in [1.54, 1.807) is 7.11 Å². The van der Waals surface area contributed by atoms with Crippen molar-refractivity contribution in [3.05, 3.63) is 24.3 Å². The first kappa shape index (κ1) is 16.8. The minimum Gasteiger partial charge on any atom is -0.493 e. The maximum Gasteiger partial charge on any atom is 0.161 e. The lowest BCUT2D eigenvalue weighted by Crippen LogP contribution is -2.27. The summed E-state index contributed by atoms with van der Waals surface area (Å²) in [5.74, 6) is 1.53. The average Bonchev–Trinajstić information content (AvgIpc) is 2.51. The van der Waals surface area contributed by atoms with Crippen molar-refractivity contribution in [3.63, 3.8) is 0 Å². The molecule has 3 heteroatoms. The minimum absolute atomic E-state index is 0.00196. The first-order valence-corrected chi connectivity index (χ1v) is 7.58. The van der Waals surface area contributed by atoms with Crippen LogP contribution in [0.1, 0.15) is 46.0 Å². The van der Waals surface area contributed by atoms with Crippen LogP contribution in [0.25, 0.3) is 0 Å². The number of unbranched alkanes of at least 4 members (excludes halogenated alkanes) is 1. The van der Waals surface area contributed by atoms with E-state index >= 15 is 0 Å². The third kappa shape index (κ3) is 4.71. The Bertz CT molecular complexity index is 372. The van der Waals surface area contributed by atoms with Gasteiger partial charge in [-0.3, -0.25) is 0 Å². The zero-order valence-corrected chi connectivity index (χ0v) is 13.0. The zero-order chi connectivity index (χ0) is 14.8. The number of aliphatic hydroxyl groups excluding tert-OH is 1. The maximum absolute atomic E-state index is 9.72. The van der Waals surface area contributed by atoms with Gasteiger partial charge in [0.1, 0.15) is 0 Å². The van der Waals surface area contributed by atoms with Crippen molar-refractivity contribution in [1.29, 1.82) is 0 Å². The molecular formula is C17H28O3. The largest absolute Gasteiger partial charge is 0.493 e. The fourth-order valence-corrected chi connectivity index (χ4v) is 2.42. The van der Waals surface area contributed by atoms with Gasteiger partial charge in [0.05, 0.1) is 13.7 Å². The molecule has 1 N–H and O–H groups in total. The number of rotatable bonds is 10. The molecule has 0 radical (unpaired) electrons. The molecule has 1 aromatic rings. The van der Waals surface area contributed by atoms with Crippen LogP contribution < -0.4 is 9.47 Å². The molecule has 1 rings (SSSR count). The van der Waals surface area contributed by atoms with Crippen molar-refractivity contribution in [2.24, 2.45) is 5.41 Å². The van der Waals surface area contributed by atoms with Crippen molar-refractivity contribution >= 4 is 0 Å². The van der Waals surface area contributed by atoms with E-state index in [4.69, 9.17) is 9.47 Å². The molecule has 0 fully saturated rings. The summed E-state index contributed by atoms with van der Waals surface area (Å²) < 4.78 is 11.1. The van der Waals surface area contributed by atoms with Crippen LogP contribution in [0.3, 0.4) is 0 Å². The van der Waals surface area contributed by atoms with Crippen molar-refractivity contribution in [3.8, 4) is 11.5 Å². The number of ether oxygens (including phenoxy) is 2. The van der Waals surface area contributed by atoms with Crippen molar-refractivity contribution in [1.82, 2.24) is 0 Å². The van der Waals surface area contributed by atoms with Crippen molar-refractivity contribution in [2.75, 3.05) is 20.3 Å². The van der Waals surface area contributed by atoms with Gasteiger partial charge >= 0.3 is 0 Å². The first-order valence-electron chi connectivity index (χ1n) is 7.58. The van der Waals surface area contributed by atoms with Gasteiger partial charge in [0.2, 0.25) is 0 Å². The van der Waals surface area contributed by atoms with Gasteiger partial charge in [-0.1, -0.05) is 38.8 Å². The Morgan fingerprint density at radius 1 is 1.10 bits per heavy atom. The molecule has 0 amide bonds. The molecule has 3 nitrogen and oxygen atoms in total. The third-order valence-corrected chi connectivity index (χ3v) is 4.11. The van der Waals surface area contributed by atoms with E-state index in [0.717, 1.165) is 43.6 Å². The third-order valence-electron chi connectivity index (χ3n) is 4.11. The van der Waals surface area contributed by atoms with Crippen molar-refractivity contribution < 1.29 is 14.6 Å². The molecule has 0 aliphatic heterocycles. The van der Waals surface area contributed by atoms with Crippen LogP contribution in [-0.2, 0) is 0 Å². The highest BCUT2D eigenvalue weighted by Gasteiger charge is 2.26. The quantitative estimate of drug-likeness (QED) is 0.703. The second-order valence-electron chi connectivity index (χ2n) is 5.36. The number of hydrogen-bond acceptors (Lipinski definition) is 3. The lowest BCUT2D eigenvalue weighted by Gasteiger charge is -2.30. The smallest absolute Gasteiger partial charge is 0.161 e. The highest BCUT2D eigenvalue weighted by atomic mass is 16.5. The Balaban J connectivity index is 2.55. The Hall–Kier alpha value is -1.22. The molecule has 0 heterocycles. The van der Waals surface area contributed by atoms with Gasteiger partial charge in [0.15, 0.2) is 11.5 Å². The SMILES string of the molecule is CCCCC(CC)(CO)CCOc1ccccc1OC. The predicted octanol–water partition coefficient (Wildman–Crippen LogP) is 4.04. The number of para-hydroxylation sites is 2. The minimum atomic E-state index is -0.00196. The molecule has 0 bridgehead atoms. The number of aliphatic hydroxyl groups is 1. The Labute approximate surface area is 122 Å². The molecule has 0 aliphatic rings. The van der Waals surface area contributed by atoms with E-state index in [2.05, 4.69) is 13.8 Å². The van der Waals surface area contributed by atoms with Crippen LogP contribution in [-0.4, -0.2) is 25.4 Å². The average molecular weight is 280 g/mol. The van der Waals surface area contributed by atoms with Crippen LogP contribution in [0.4, 0.5) is 0 Å². The summed E-state index contributed by atoms with van der Waals surface area (Å²) in [6, 6.07) is 7.67. The molecule has 1 aromatic carbocycles. The zero-order valence-electron chi connectivity index (χ0n) is 13.0. The molecule has 1 atom stereocenters. The van der Waals surface area contributed by atoms with E-state index in [9.17, 15) is 5.11 Å². The second kappa shape index (κ2) is 8.85. The van der Waals surface area contributed by atoms with Gasteiger partial charge in [0.25, 0.3) is 0 Å². The highest BCUT2D eigenvalue weighted by Crippen LogP contribution is 2.33. The second-order valence-corrected chi connectivity index (χ2v) is 5.36. The lowest BCUT2D eigenvalue weighted by molar-refractivity contribution is 0.0796. The van der Waals surface area contributed by atoms with Gasteiger partial charge < -0.3 is 14.6 Å². The van der Waals surface area contributed by atoms with E-state index in [0.29, 0.717) is 6.61 Å².